The van der Waals surface area contributed by atoms with Gasteiger partial charge in [-0.3, -0.25) is 4.90 Å². The number of rotatable bonds is 4. The van der Waals surface area contributed by atoms with Crippen LogP contribution in [0.2, 0.25) is 0 Å². The molecule has 0 spiro atoms. The van der Waals surface area contributed by atoms with Crippen LogP contribution in [0.1, 0.15) is 48.9 Å². The van der Waals surface area contributed by atoms with E-state index < -0.39 is 0 Å². The molecule has 0 aromatic carbocycles. The smallest absolute Gasteiger partial charge is 0.0484 e. The number of aryl methyl sites for hydroxylation is 1. The monoisotopic (exact) mass is 358 g/mol. The summed E-state index contributed by atoms with van der Waals surface area (Å²) < 4.78 is 1.27. The highest BCUT2D eigenvalue weighted by Crippen LogP contribution is 2.41. The Bertz CT molecular complexity index is 411. The van der Waals surface area contributed by atoms with Crippen molar-refractivity contribution in [1.29, 1.82) is 0 Å². The molecule has 114 valence electrons. The lowest BCUT2D eigenvalue weighted by Crippen LogP contribution is -2.40. The van der Waals surface area contributed by atoms with Crippen molar-refractivity contribution in [2.45, 2.75) is 52.1 Å². The van der Waals surface area contributed by atoms with Crippen LogP contribution in [-0.4, -0.2) is 31.1 Å². The highest BCUT2D eigenvalue weighted by molar-refractivity contribution is 9.10. The molecule has 1 aliphatic rings. The molecule has 1 aromatic heterocycles. The lowest BCUT2D eigenvalue weighted by molar-refractivity contribution is 0.121. The fourth-order valence-corrected chi connectivity index (χ4v) is 5.12. The van der Waals surface area contributed by atoms with E-state index in [1.165, 1.54) is 40.0 Å². The maximum Gasteiger partial charge on any atom is 0.0484 e. The van der Waals surface area contributed by atoms with Gasteiger partial charge in [0.1, 0.15) is 0 Å². The van der Waals surface area contributed by atoms with Crippen LogP contribution in [-0.2, 0) is 0 Å². The Balaban J connectivity index is 2.35. The van der Waals surface area contributed by atoms with Crippen molar-refractivity contribution in [3.63, 3.8) is 0 Å². The van der Waals surface area contributed by atoms with Crippen LogP contribution in [0, 0.1) is 12.8 Å². The van der Waals surface area contributed by atoms with Gasteiger partial charge in [-0.15, -0.1) is 11.3 Å². The summed E-state index contributed by atoms with van der Waals surface area (Å²) >= 11 is 5.66. The standard InChI is InChI=1S/C16H27BrN2S/c1-11(2)19-8-6-5-7-13(10-18-4)16(19)15-9-14(17)12(3)20-15/h9,11,13,16,18H,5-8,10H2,1-4H3. The van der Waals surface area contributed by atoms with Gasteiger partial charge in [0.15, 0.2) is 0 Å². The SMILES string of the molecule is CNCC1CCCCN(C(C)C)C1c1cc(Br)c(C)s1. The fourth-order valence-electron chi connectivity index (χ4n) is 3.35. The first-order valence-electron chi connectivity index (χ1n) is 7.70. The Kier molecular flexibility index (Phi) is 6.09. The predicted molar refractivity (Wildman–Crippen MR) is 92.6 cm³/mol. The minimum absolute atomic E-state index is 0.569. The summed E-state index contributed by atoms with van der Waals surface area (Å²) in [5.41, 5.74) is 0. The normalized spacial score (nSPS) is 25.1. The molecule has 2 nitrogen and oxygen atoms in total. The van der Waals surface area contributed by atoms with E-state index in [2.05, 4.69) is 60.0 Å². The Morgan fingerprint density at radius 1 is 1.45 bits per heavy atom. The quantitative estimate of drug-likeness (QED) is 0.846. The molecule has 1 aliphatic heterocycles. The molecule has 1 N–H and O–H groups in total. The van der Waals surface area contributed by atoms with Gasteiger partial charge in [0.25, 0.3) is 0 Å². The van der Waals surface area contributed by atoms with Crippen molar-refractivity contribution >= 4 is 27.3 Å². The molecule has 0 saturated carbocycles. The van der Waals surface area contributed by atoms with Crippen molar-refractivity contribution in [3.8, 4) is 0 Å². The number of hydrogen-bond donors (Lipinski definition) is 1. The topological polar surface area (TPSA) is 15.3 Å². The number of likely N-dealkylation sites (tertiary alicyclic amines) is 1. The Hall–Kier alpha value is 0.1000. The molecule has 0 amide bonds. The molecule has 1 saturated heterocycles. The van der Waals surface area contributed by atoms with Gasteiger partial charge in [0.05, 0.1) is 0 Å². The zero-order valence-corrected chi connectivity index (χ0v) is 15.5. The molecule has 2 rings (SSSR count). The highest BCUT2D eigenvalue weighted by Gasteiger charge is 2.33. The summed E-state index contributed by atoms with van der Waals surface area (Å²) in [5.74, 6) is 0.717. The second kappa shape index (κ2) is 7.39. The first kappa shape index (κ1) is 16.5. The van der Waals surface area contributed by atoms with E-state index in [-0.39, 0.29) is 0 Å². The highest BCUT2D eigenvalue weighted by atomic mass is 79.9. The third-order valence-electron chi connectivity index (χ3n) is 4.34. The molecule has 2 heterocycles. The average Bonchev–Trinajstić information content (AvgIpc) is 2.62. The summed E-state index contributed by atoms with van der Waals surface area (Å²) in [6.45, 7) is 9.23. The van der Waals surface area contributed by atoms with Crippen molar-refractivity contribution in [2.24, 2.45) is 5.92 Å². The molecule has 20 heavy (non-hydrogen) atoms. The zero-order chi connectivity index (χ0) is 14.7. The number of halogens is 1. The van der Waals surface area contributed by atoms with Crippen LogP contribution in [0.5, 0.6) is 0 Å². The van der Waals surface area contributed by atoms with Crippen LogP contribution < -0.4 is 5.32 Å². The van der Waals surface area contributed by atoms with E-state index in [0.29, 0.717) is 12.1 Å². The van der Waals surface area contributed by atoms with Gasteiger partial charge in [0.2, 0.25) is 0 Å². The van der Waals surface area contributed by atoms with Gasteiger partial charge in [0, 0.05) is 26.3 Å². The van der Waals surface area contributed by atoms with Crippen molar-refractivity contribution in [3.05, 3.63) is 20.3 Å². The Labute approximate surface area is 136 Å². The maximum absolute atomic E-state index is 3.69. The number of nitrogens with zero attached hydrogens (tertiary/aromatic N) is 1. The molecule has 2 unspecified atom stereocenters. The van der Waals surface area contributed by atoms with Gasteiger partial charge in [-0.05, 0) is 81.7 Å². The molecule has 0 aliphatic carbocycles. The molecule has 0 bridgehead atoms. The summed E-state index contributed by atoms with van der Waals surface area (Å²) in [6.07, 6.45) is 4.03. The van der Waals surface area contributed by atoms with Crippen molar-refractivity contribution in [2.75, 3.05) is 20.1 Å². The fraction of sp³-hybridized carbons (Fsp3) is 0.750. The summed E-state index contributed by atoms with van der Waals surface area (Å²) in [4.78, 5) is 5.65. The Morgan fingerprint density at radius 2 is 2.20 bits per heavy atom. The molecule has 0 radical (unpaired) electrons. The molecule has 1 aromatic rings. The van der Waals surface area contributed by atoms with E-state index in [4.69, 9.17) is 0 Å². The molecular weight excluding hydrogens is 332 g/mol. The van der Waals surface area contributed by atoms with Gasteiger partial charge < -0.3 is 5.32 Å². The van der Waals surface area contributed by atoms with E-state index in [1.54, 1.807) is 0 Å². The van der Waals surface area contributed by atoms with Crippen molar-refractivity contribution in [1.82, 2.24) is 10.2 Å². The lowest BCUT2D eigenvalue weighted by Gasteiger charge is -2.37. The first-order chi connectivity index (χ1) is 9.54. The first-order valence-corrected chi connectivity index (χ1v) is 9.31. The predicted octanol–water partition coefficient (Wildman–Crippen LogP) is 4.59. The van der Waals surface area contributed by atoms with Gasteiger partial charge in [-0.2, -0.15) is 0 Å². The second-order valence-electron chi connectivity index (χ2n) is 6.14. The van der Waals surface area contributed by atoms with Gasteiger partial charge >= 0.3 is 0 Å². The maximum atomic E-state index is 3.69. The van der Waals surface area contributed by atoms with Crippen LogP contribution in [0.25, 0.3) is 0 Å². The van der Waals surface area contributed by atoms with Crippen LogP contribution in [0.3, 0.4) is 0 Å². The number of hydrogen-bond acceptors (Lipinski definition) is 3. The van der Waals surface area contributed by atoms with E-state index in [1.807, 2.05) is 11.3 Å². The largest absolute Gasteiger partial charge is 0.319 e. The minimum Gasteiger partial charge on any atom is -0.319 e. The second-order valence-corrected chi connectivity index (χ2v) is 8.29. The van der Waals surface area contributed by atoms with E-state index >= 15 is 0 Å². The molecule has 1 fully saturated rings. The lowest BCUT2D eigenvalue weighted by atomic mass is 9.92. The summed E-state index contributed by atoms with van der Waals surface area (Å²) in [7, 11) is 2.08. The summed E-state index contributed by atoms with van der Waals surface area (Å²) in [6, 6.07) is 3.53. The van der Waals surface area contributed by atoms with E-state index in [9.17, 15) is 0 Å². The third kappa shape index (κ3) is 3.65. The average molecular weight is 359 g/mol. The molecule has 4 heteroatoms. The van der Waals surface area contributed by atoms with Crippen LogP contribution in [0.4, 0.5) is 0 Å². The Morgan fingerprint density at radius 3 is 2.75 bits per heavy atom. The summed E-state index contributed by atoms with van der Waals surface area (Å²) in [5, 5.41) is 3.41. The van der Waals surface area contributed by atoms with Gasteiger partial charge in [-0.25, -0.2) is 0 Å². The number of nitrogens with one attached hydrogen (secondary N) is 1. The number of thiophene rings is 1. The van der Waals surface area contributed by atoms with E-state index in [0.717, 1.165) is 12.5 Å². The molecular formula is C16H27BrN2S. The zero-order valence-electron chi connectivity index (χ0n) is 13.1. The third-order valence-corrected chi connectivity index (χ3v) is 6.55. The van der Waals surface area contributed by atoms with Crippen LogP contribution in [0.15, 0.2) is 10.5 Å². The minimum atomic E-state index is 0.569. The van der Waals surface area contributed by atoms with Crippen LogP contribution >= 0.6 is 27.3 Å². The van der Waals surface area contributed by atoms with Gasteiger partial charge in [-0.1, -0.05) is 6.42 Å². The van der Waals surface area contributed by atoms with Crippen molar-refractivity contribution < 1.29 is 0 Å². The molecule has 2 atom stereocenters.